The Morgan fingerprint density at radius 1 is 0.913 bits per heavy atom. The highest BCUT2D eigenvalue weighted by molar-refractivity contribution is 7.99. The molecule has 1 saturated heterocycles. The van der Waals surface area contributed by atoms with E-state index in [-0.39, 0.29) is 5.91 Å². The molecule has 1 amide bonds. The first-order valence-corrected chi connectivity index (χ1v) is 9.12. The number of thioether (sulfide) groups is 1. The van der Waals surface area contributed by atoms with Gasteiger partial charge in [-0.05, 0) is 36.4 Å². The third kappa shape index (κ3) is 8.94. The second-order valence-electron chi connectivity index (χ2n) is 4.48. The van der Waals surface area contributed by atoms with Crippen molar-refractivity contribution in [2.24, 2.45) is 0 Å². The average molecular weight is 331 g/mol. The van der Waals surface area contributed by atoms with Gasteiger partial charge in [-0.2, -0.15) is 11.8 Å². The van der Waals surface area contributed by atoms with Crippen LogP contribution in [0.4, 0.5) is 0 Å². The Morgan fingerprint density at radius 3 is 1.96 bits per heavy atom. The van der Waals surface area contributed by atoms with E-state index in [0.29, 0.717) is 5.75 Å². The minimum Gasteiger partial charge on any atom is -0.457 e. The Hall–Kier alpha value is -1.94. The molecule has 0 aromatic heterocycles. The molecule has 0 radical (unpaired) electrons. The first-order valence-electron chi connectivity index (χ1n) is 7.97. The molecule has 2 aromatic carbocycles. The standard InChI is InChI=1S/C12H10O.C5H9NOS.C2H6/c1-3-7-11(8-4-1)13-12-9-5-2-6-10-12;7-5-4-8-3-1-2-6-5;1-2/h1-10H;1-4H2,(H,6,7);1-2H3. The Balaban J connectivity index is 0.000000228. The summed E-state index contributed by atoms with van der Waals surface area (Å²) in [5.74, 6) is 3.70. The number of carbonyl (C=O) groups is 1. The van der Waals surface area contributed by atoms with Crippen LogP contribution in [-0.4, -0.2) is 24.0 Å². The minimum atomic E-state index is 0.188. The molecule has 4 heteroatoms. The van der Waals surface area contributed by atoms with Crippen molar-refractivity contribution in [3.8, 4) is 11.5 Å². The fourth-order valence-electron chi connectivity index (χ4n) is 1.73. The van der Waals surface area contributed by atoms with E-state index in [2.05, 4.69) is 5.32 Å². The molecule has 0 bridgehead atoms. The monoisotopic (exact) mass is 331 g/mol. The molecule has 0 aliphatic carbocycles. The molecule has 1 aliphatic rings. The van der Waals surface area contributed by atoms with Crippen LogP contribution in [0.25, 0.3) is 0 Å². The molecule has 0 saturated carbocycles. The number of para-hydroxylation sites is 2. The molecule has 1 heterocycles. The fourth-order valence-corrected chi connectivity index (χ4v) is 2.51. The summed E-state index contributed by atoms with van der Waals surface area (Å²) in [4.78, 5) is 10.6. The smallest absolute Gasteiger partial charge is 0.229 e. The number of benzene rings is 2. The van der Waals surface area contributed by atoms with E-state index in [1.54, 1.807) is 11.8 Å². The molecule has 0 unspecified atom stereocenters. The molecule has 3 nitrogen and oxygen atoms in total. The lowest BCUT2D eigenvalue weighted by atomic mass is 10.3. The second kappa shape index (κ2) is 12.6. The summed E-state index contributed by atoms with van der Waals surface area (Å²) >= 11 is 1.71. The van der Waals surface area contributed by atoms with Gasteiger partial charge >= 0.3 is 0 Å². The van der Waals surface area contributed by atoms with Gasteiger partial charge in [0.15, 0.2) is 0 Å². The van der Waals surface area contributed by atoms with Gasteiger partial charge in [0, 0.05) is 6.54 Å². The highest BCUT2D eigenvalue weighted by Gasteiger charge is 2.03. The first-order chi connectivity index (χ1) is 11.3. The zero-order valence-corrected chi connectivity index (χ0v) is 14.6. The van der Waals surface area contributed by atoms with Crippen LogP contribution in [0.1, 0.15) is 20.3 Å². The Bertz CT molecular complexity index is 484. The second-order valence-corrected chi connectivity index (χ2v) is 5.59. The quantitative estimate of drug-likeness (QED) is 0.863. The largest absolute Gasteiger partial charge is 0.457 e. The first kappa shape index (κ1) is 19.1. The summed E-state index contributed by atoms with van der Waals surface area (Å²) in [5.41, 5.74) is 0. The molecule has 0 atom stereocenters. The van der Waals surface area contributed by atoms with Crippen molar-refractivity contribution in [1.29, 1.82) is 0 Å². The van der Waals surface area contributed by atoms with Crippen molar-refractivity contribution in [3.05, 3.63) is 60.7 Å². The van der Waals surface area contributed by atoms with Crippen LogP contribution >= 0.6 is 11.8 Å². The summed E-state index contributed by atoms with van der Waals surface area (Å²) in [6, 6.07) is 19.5. The van der Waals surface area contributed by atoms with Crippen LogP contribution in [0.3, 0.4) is 0 Å². The molecule has 2 aromatic rings. The molecular weight excluding hydrogens is 306 g/mol. The van der Waals surface area contributed by atoms with Crippen LogP contribution in [0.5, 0.6) is 11.5 Å². The summed E-state index contributed by atoms with van der Waals surface area (Å²) in [6.07, 6.45) is 1.12. The fraction of sp³-hybridized carbons (Fsp3) is 0.316. The van der Waals surface area contributed by atoms with Gasteiger partial charge < -0.3 is 10.1 Å². The summed E-state index contributed by atoms with van der Waals surface area (Å²) in [7, 11) is 0. The van der Waals surface area contributed by atoms with Crippen molar-refractivity contribution in [2.45, 2.75) is 20.3 Å². The maximum absolute atomic E-state index is 10.6. The van der Waals surface area contributed by atoms with Crippen LogP contribution < -0.4 is 10.1 Å². The van der Waals surface area contributed by atoms with Gasteiger partial charge in [-0.3, -0.25) is 4.79 Å². The van der Waals surface area contributed by atoms with E-state index in [9.17, 15) is 4.79 Å². The molecule has 1 fully saturated rings. The number of nitrogens with one attached hydrogen (secondary N) is 1. The Labute approximate surface area is 143 Å². The third-order valence-electron chi connectivity index (χ3n) is 2.74. The molecule has 0 spiro atoms. The van der Waals surface area contributed by atoms with Crippen molar-refractivity contribution in [1.82, 2.24) is 5.32 Å². The van der Waals surface area contributed by atoms with Gasteiger partial charge in [0.1, 0.15) is 11.5 Å². The summed E-state index contributed by atoms with van der Waals surface area (Å²) in [6.45, 7) is 4.87. The highest BCUT2D eigenvalue weighted by atomic mass is 32.2. The van der Waals surface area contributed by atoms with Crippen LogP contribution in [-0.2, 0) is 4.79 Å². The van der Waals surface area contributed by atoms with Crippen molar-refractivity contribution in [3.63, 3.8) is 0 Å². The van der Waals surface area contributed by atoms with Gasteiger partial charge in [-0.15, -0.1) is 0 Å². The number of carbonyl (C=O) groups excluding carboxylic acids is 1. The van der Waals surface area contributed by atoms with Gasteiger partial charge in [0.25, 0.3) is 0 Å². The van der Waals surface area contributed by atoms with E-state index in [4.69, 9.17) is 4.74 Å². The Kier molecular flexibility index (Phi) is 10.5. The van der Waals surface area contributed by atoms with E-state index < -0.39 is 0 Å². The van der Waals surface area contributed by atoms with E-state index in [1.807, 2.05) is 74.5 Å². The minimum absolute atomic E-state index is 0.188. The van der Waals surface area contributed by atoms with E-state index >= 15 is 0 Å². The van der Waals surface area contributed by atoms with Gasteiger partial charge in [0.2, 0.25) is 5.91 Å². The number of hydrogen-bond donors (Lipinski definition) is 1. The number of ether oxygens (including phenoxy) is 1. The number of hydrogen-bond acceptors (Lipinski definition) is 3. The normalized spacial score (nSPS) is 13.2. The van der Waals surface area contributed by atoms with Gasteiger partial charge in [-0.25, -0.2) is 0 Å². The van der Waals surface area contributed by atoms with Gasteiger partial charge in [0.05, 0.1) is 5.75 Å². The van der Waals surface area contributed by atoms with E-state index in [1.165, 1.54) is 0 Å². The lowest BCUT2D eigenvalue weighted by Crippen LogP contribution is -2.23. The maximum atomic E-state index is 10.6. The molecule has 3 rings (SSSR count). The number of amides is 1. The highest BCUT2D eigenvalue weighted by Crippen LogP contribution is 2.19. The van der Waals surface area contributed by atoms with Crippen molar-refractivity contribution < 1.29 is 9.53 Å². The van der Waals surface area contributed by atoms with Gasteiger partial charge in [-0.1, -0.05) is 50.2 Å². The molecular formula is C19H25NO2S. The zero-order chi connectivity index (χ0) is 16.8. The number of rotatable bonds is 2. The van der Waals surface area contributed by atoms with Crippen LogP contribution in [0.2, 0.25) is 0 Å². The lowest BCUT2D eigenvalue weighted by Gasteiger charge is -2.03. The predicted molar refractivity (Wildman–Crippen MR) is 99.3 cm³/mol. The van der Waals surface area contributed by atoms with Crippen LogP contribution in [0, 0.1) is 0 Å². The predicted octanol–water partition coefficient (Wildman–Crippen LogP) is 4.74. The Morgan fingerprint density at radius 2 is 1.43 bits per heavy atom. The molecule has 1 aliphatic heterocycles. The van der Waals surface area contributed by atoms with Crippen molar-refractivity contribution in [2.75, 3.05) is 18.1 Å². The molecule has 23 heavy (non-hydrogen) atoms. The zero-order valence-electron chi connectivity index (χ0n) is 13.8. The SMILES string of the molecule is CC.O=C1CSCCCN1.c1ccc(Oc2ccccc2)cc1. The molecule has 124 valence electrons. The third-order valence-corrected chi connectivity index (χ3v) is 3.79. The maximum Gasteiger partial charge on any atom is 0.229 e. The van der Waals surface area contributed by atoms with E-state index in [0.717, 1.165) is 30.2 Å². The van der Waals surface area contributed by atoms with Crippen LogP contribution in [0.15, 0.2) is 60.7 Å². The lowest BCUT2D eigenvalue weighted by molar-refractivity contribution is -0.118. The van der Waals surface area contributed by atoms with Crippen molar-refractivity contribution >= 4 is 17.7 Å². The summed E-state index contributed by atoms with van der Waals surface area (Å²) < 4.78 is 5.58. The molecule has 1 N–H and O–H groups in total. The summed E-state index contributed by atoms with van der Waals surface area (Å²) in [5, 5.41) is 2.78. The topological polar surface area (TPSA) is 38.3 Å². The average Bonchev–Trinajstić information content (AvgIpc) is 2.87.